The van der Waals surface area contributed by atoms with E-state index in [0.717, 1.165) is 41.9 Å². The molecule has 1 atom stereocenters. The van der Waals surface area contributed by atoms with Crippen LogP contribution in [-0.4, -0.2) is 35.8 Å². The first-order chi connectivity index (χ1) is 17.9. The van der Waals surface area contributed by atoms with Crippen molar-refractivity contribution in [3.05, 3.63) is 96.8 Å². The number of rotatable bonds is 6. The molecule has 1 amide bonds. The van der Waals surface area contributed by atoms with Gasteiger partial charge in [0.2, 0.25) is 5.91 Å². The van der Waals surface area contributed by atoms with Gasteiger partial charge < -0.3 is 15.2 Å². The Morgan fingerprint density at radius 2 is 1.78 bits per heavy atom. The first-order valence-corrected chi connectivity index (χ1v) is 12.5. The van der Waals surface area contributed by atoms with Crippen LogP contribution in [0.25, 0.3) is 11.1 Å². The van der Waals surface area contributed by atoms with E-state index in [1.165, 1.54) is 12.0 Å². The van der Waals surface area contributed by atoms with Crippen molar-refractivity contribution in [3.8, 4) is 29.7 Å². The van der Waals surface area contributed by atoms with E-state index >= 15 is 0 Å². The zero-order chi connectivity index (χ0) is 27.5. The average molecular weight is 501 g/mol. The van der Waals surface area contributed by atoms with Crippen LogP contribution in [-0.2, 0) is 17.6 Å². The molecule has 37 heavy (non-hydrogen) atoms. The van der Waals surface area contributed by atoms with Crippen molar-refractivity contribution >= 4 is 5.91 Å². The Bertz CT molecular complexity index is 1030. The van der Waals surface area contributed by atoms with Gasteiger partial charge in [-0.3, -0.25) is 9.78 Å². The van der Waals surface area contributed by atoms with Gasteiger partial charge in [0, 0.05) is 31.5 Å². The minimum absolute atomic E-state index is 0.0586. The summed E-state index contributed by atoms with van der Waals surface area (Å²) < 4.78 is 5.42. The molecule has 2 aromatic carbocycles. The molecule has 0 unspecified atom stereocenters. The maximum atomic E-state index is 11.8. The molecule has 0 saturated heterocycles. The van der Waals surface area contributed by atoms with Crippen LogP contribution in [0.5, 0.6) is 5.75 Å². The van der Waals surface area contributed by atoms with Crippen LogP contribution in [0.2, 0.25) is 0 Å². The maximum Gasteiger partial charge on any atom is 0.223 e. The Balaban J connectivity index is 0.000000352. The van der Waals surface area contributed by atoms with Crippen LogP contribution in [0.3, 0.4) is 0 Å². The highest BCUT2D eigenvalue weighted by Gasteiger charge is 2.16. The Morgan fingerprint density at radius 3 is 2.35 bits per heavy atom. The summed E-state index contributed by atoms with van der Waals surface area (Å²) in [5.41, 5.74) is 4.73. The fraction of sp³-hybridized carbons (Fsp3) is 0.312. The van der Waals surface area contributed by atoms with Crippen molar-refractivity contribution in [2.75, 3.05) is 13.7 Å². The number of aliphatic hydroxyl groups is 1. The zero-order valence-electron chi connectivity index (χ0n) is 22.3. The highest BCUT2D eigenvalue weighted by atomic mass is 16.5. The number of benzene rings is 2. The lowest BCUT2D eigenvalue weighted by Gasteiger charge is -2.15. The number of ether oxygens (including phenoxy) is 1. The molecular formula is C32H40N2O3. The number of hydrogen-bond acceptors (Lipinski definition) is 4. The number of para-hydroxylation sites is 1. The predicted octanol–water partition coefficient (Wildman–Crippen LogP) is 5.88. The topological polar surface area (TPSA) is 71.5 Å². The molecule has 196 valence electrons. The Morgan fingerprint density at radius 1 is 1.11 bits per heavy atom. The van der Waals surface area contributed by atoms with Gasteiger partial charge in [-0.1, -0.05) is 54.6 Å². The van der Waals surface area contributed by atoms with Gasteiger partial charge in [-0.25, -0.2) is 0 Å². The van der Waals surface area contributed by atoms with Crippen molar-refractivity contribution in [2.45, 2.75) is 45.6 Å². The van der Waals surface area contributed by atoms with E-state index in [1.54, 1.807) is 33.2 Å². The molecule has 1 aromatic heterocycles. The van der Waals surface area contributed by atoms with Crippen LogP contribution in [0, 0.1) is 18.8 Å². The molecule has 0 fully saturated rings. The average Bonchev–Trinajstić information content (AvgIpc) is 2.94. The molecule has 0 spiro atoms. The van der Waals surface area contributed by atoms with Gasteiger partial charge in [0.05, 0.1) is 6.61 Å². The summed E-state index contributed by atoms with van der Waals surface area (Å²) in [6.07, 6.45) is 17.0. The highest BCUT2D eigenvalue weighted by Crippen LogP contribution is 2.23. The van der Waals surface area contributed by atoms with Crippen molar-refractivity contribution in [1.82, 2.24) is 10.3 Å². The lowest BCUT2D eigenvalue weighted by atomic mass is 9.94. The number of nitrogens with zero attached hydrogens (tertiary/aromatic N) is 1. The molecule has 5 nitrogen and oxygen atoms in total. The minimum Gasteiger partial charge on any atom is -0.493 e. The molecule has 1 aliphatic rings. The standard InChI is InChI=1S/C18H20N2O.C9H10O.C3H8O.C2H2/c1-3-5-16(18(21)19-2)12-14-7-9-15(10-8-14)17-6-4-11-20-13-17;1-2-6-9-8(4-1)5-3-7-10-9;1-3(2)4;1-2/h3-4,6-11,13,16H,1,5,12H2,2H3,(H,19,21);1-2,4,6H,3,5,7H2;3-4H,1-2H3;1-2H/t16-;;;/m0.../s1. The van der Waals surface area contributed by atoms with E-state index in [9.17, 15) is 4.79 Å². The molecule has 2 heterocycles. The number of allylic oxidation sites excluding steroid dienone is 1. The van der Waals surface area contributed by atoms with Crippen LogP contribution >= 0.6 is 0 Å². The van der Waals surface area contributed by atoms with Gasteiger partial charge in [-0.05, 0) is 73.9 Å². The van der Waals surface area contributed by atoms with Gasteiger partial charge in [0.25, 0.3) is 0 Å². The summed E-state index contributed by atoms with van der Waals surface area (Å²) in [5.74, 6) is 1.08. The van der Waals surface area contributed by atoms with Gasteiger partial charge in [0.1, 0.15) is 5.75 Å². The Hall–Kier alpha value is -3.88. The quantitative estimate of drug-likeness (QED) is 0.328. The van der Waals surface area contributed by atoms with Crippen LogP contribution in [0.4, 0.5) is 0 Å². The van der Waals surface area contributed by atoms with Crippen LogP contribution < -0.4 is 10.1 Å². The fourth-order valence-electron chi connectivity index (χ4n) is 3.64. The molecule has 0 radical (unpaired) electrons. The summed E-state index contributed by atoms with van der Waals surface area (Å²) in [6.45, 7) is 8.06. The molecule has 4 rings (SSSR count). The Kier molecular flexibility index (Phi) is 15.5. The molecule has 1 aliphatic heterocycles. The van der Waals surface area contributed by atoms with E-state index in [4.69, 9.17) is 9.84 Å². The third kappa shape index (κ3) is 12.1. The predicted molar refractivity (Wildman–Crippen MR) is 153 cm³/mol. The number of terminal acetylenes is 1. The number of carbonyl (C=O) groups excluding carboxylic acids is 1. The van der Waals surface area contributed by atoms with E-state index < -0.39 is 0 Å². The van der Waals surface area contributed by atoms with Crippen molar-refractivity contribution in [2.24, 2.45) is 5.92 Å². The highest BCUT2D eigenvalue weighted by molar-refractivity contribution is 5.78. The normalized spacial score (nSPS) is 11.9. The molecular weight excluding hydrogens is 460 g/mol. The SMILES string of the molecule is C#C.C=CC[C@@H](Cc1ccc(-c2cccnc2)cc1)C(=O)NC.CC(C)O.c1ccc2c(c1)CCCO2. The van der Waals surface area contributed by atoms with Crippen molar-refractivity contribution < 1.29 is 14.6 Å². The number of pyridine rings is 1. The number of nitrogens with one attached hydrogen (secondary N) is 1. The molecule has 3 aromatic rings. The second-order valence-electron chi connectivity index (χ2n) is 8.63. The second-order valence-corrected chi connectivity index (χ2v) is 8.63. The zero-order valence-corrected chi connectivity index (χ0v) is 22.3. The van der Waals surface area contributed by atoms with Crippen molar-refractivity contribution in [1.29, 1.82) is 0 Å². The smallest absolute Gasteiger partial charge is 0.223 e. The number of aryl methyl sites for hydroxylation is 1. The first-order valence-electron chi connectivity index (χ1n) is 12.5. The number of aliphatic hydroxyl groups excluding tert-OH is 1. The van der Waals surface area contributed by atoms with E-state index in [-0.39, 0.29) is 17.9 Å². The monoisotopic (exact) mass is 500 g/mol. The number of amides is 1. The van der Waals surface area contributed by atoms with E-state index in [0.29, 0.717) is 6.42 Å². The van der Waals surface area contributed by atoms with Gasteiger partial charge in [0.15, 0.2) is 0 Å². The van der Waals surface area contributed by atoms with Crippen molar-refractivity contribution in [3.63, 3.8) is 0 Å². The lowest BCUT2D eigenvalue weighted by Crippen LogP contribution is -2.28. The summed E-state index contributed by atoms with van der Waals surface area (Å²) in [6, 6.07) is 20.5. The number of hydrogen-bond donors (Lipinski definition) is 2. The largest absolute Gasteiger partial charge is 0.493 e. The number of aromatic nitrogens is 1. The van der Waals surface area contributed by atoms with Gasteiger partial charge in [-0.15, -0.1) is 19.4 Å². The van der Waals surface area contributed by atoms with Crippen LogP contribution in [0.1, 0.15) is 37.8 Å². The maximum absolute atomic E-state index is 11.8. The van der Waals surface area contributed by atoms with Gasteiger partial charge in [-0.2, -0.15) is 0 Å². The summed E-state index contributed by atoms with van der Waals surface area (Å²) in [4.78, 5) is 16.0. The third-order valence-corrected chi connectivity index (χ3v) is 5.32. The van der Waals surface area contributed by atoms with E-state index in [1.807, 2.05) is 30.5 Å². The molecule has 0 aliphatic carbocycles. The third-order valence-electron chi connectivity index (χ3n) is 5.32. The summed E-state index contributed by atoms with van der Waals surface area (Å²) in [5, 5.41) is 10.8. The van der Waals surface area contributed by atoms with Gasteiger partial charge >= 0.3 is 0 Å². The first kappa shape index (κ1) is 31.2. The lowest BCUT2D eigenvalue weighted by molar-refractivity contribution is -0.124. The molecule has 0 saturated carbocycles. The van der Waals surface area contributed by atoms with Crippen LogP contribution in [0.15, 0.2) is 85.7 Å². The molecule has 5 heteroatoms. The molecule has 0 bridgehead atoms. The number of fused-ring (bicyclic) bond motifs is 1. The fourth-order valence-corrected chi connectivity index (χ4v) is 3.64. The second kappa shape index (κ2) is 18.4. The number of carbonyl (C=O) groups is 1. The summed E-state index contributed by atoms with van der Waals surface area (Å²) in [7, 11) is 1.67. The minimum atomic E-state index is -0.167. The Labute approximate surface area is 222 Å². The van der Waals surface area contributed by atoms with E-state index in [2.05, 4.69) is 66.1 Å². The molecule has 2 N–H and O–H groups in total. The summed E-state index contributed by atoms with van der Waals surface area (Å²) >= 11 is 0.